The topological polar surface area (TPSA) is 54.9 Å². The van der Waals surface area contributed by atoms with E-state index >= 15 is 0 Å². The molecule has 25 heavy (non-hydrogen) atoms. The van der Waals surface area contributed by atoms with Gasteiger partial charge < -0.3 is 5.32 Å². The van der Waals surface area contributed by atoms with Gasteiger partial charge in [-0.15, -0.1) is 11.3 Å². The van der Waals surface area contributed by atoms with E-state index in [4.69, 9.17) is 11.6 Å². The molecule has 2 aromatic heterocycles. The van der Waals surface area contributed by atoms with Crippen LogP contribution < -0.4 is 5.32 Å². The molecule has 0 radical (unpaired) electrons. The van der Waals surface area contributed by atoms with Gasteiger partial charge in [0.15, 0.2) is 0 Å². The molecule has 1 amide bonds. The van der Waals surface area contributed by atoms with Gasteiger partial charge in [0.1, 0.15) is 16.2 Å². The lowest BCUT2D eigenvalue weighted by Crippen LogP contribution is -2.22. The molecular weight excluding hydrogens is 374 g/mol. The van der Waals surface area contributed by atoms with E-state index in [1.54, 1.807) is 29.8 Å². The summed E-state index contributed by atoms with van der Waals surface area (Å²) in [5.41, 5.74) is 2.08. The molecule has 0 saturated heterocycles. The number of aromatic nitrogens is 2. The van der Waals surface area contributed by atoms with Gasteiger partial charge in [-0.25, -0.2) is 9.97 Å². The standard InChI is InChI=1S/C18H16ClN3OS2/c1-10(16(23)22-12-5-2-4-11(19)8-12)24-17-15-13-6-3-7-14(13)25-18(15)21-9-20-17/h2,4-5,8-10H,3,6-7H2,1H3,(H,22,23)/t10-/m0/s1. The zero-order valence-corrected chi connectivity index (χ0v) is 16.0. The zero-order valence-electron chi connectivity index (χ0n) is 13.6. The number of hydrogen-bond donors (Lipinski definition) is 1. The number of hydrogen-bond acceptors (Lipinski definition) is 5. The Kier molecular flexibility index (Phi) is 4.67. The summed E-state index contributed by atoms with van der Waals surface area (Å²) >= 11 is 9.22. The van der Waals surface area contributed by atoms with Crippen molar-refractivity contribution in [3.8, 4) is 0 Å². The van der Waals surface area contributed by atoms with Crippen molar-refractivity contribution >= 4 is 56.5 Å². The Bertz CT molecular complexity index is 957. The van der Waals surface area contributed by atoms with Crippen LogP contribution in [0.4, 0.5) is 5.69 Å². The molecule has 1 aromatic carbocycles. The molecule has 0 unspecified atom stereocenters. The van der Waals surface area contributed by atoms with Gasteiger partial charge in [0.25, 0.3) is 0 Å². The van der Waals surface area contributed by atoms with Crippen LogP contribution in [0.15, 0.2) is 35.6 Å². The summed E-state index contributed by atoms with van der Waals surface area (Å²) in [7, 11) is 0. The first-order chi connectivity index (χ1) is 12.1. The van der Waals surface area contributed by atoms with E-state index in [0.29, 0.717) is 10.7 Å². The molecule has 1 aliphatic rings. The first-order valence-electron chi connectivity index (χ1n) is 8.10. The van der Waals surface area contributed by atoms with Gasteiger partial charge in [-0.1, -0.05) is 29.4 Å². The third-order valence-corrected chi connectivity index (χ3v) is 6.75. The van der Waals surface area contributed by atoms with E-state index in [1.807, 2.05) is 19.1 Å². The smallest absolute Gasteiger partial charge is 0.237 e. The number of anilines is 1. The highest BCUT2D eigenvalue weighted by Crippen LogP contribution is 2.40. The number of thiophene rings is 1. The molecule has 4 nitrogen and oxygen atoms in total. The van der Waals surface area contributed by atoms with Gasteiger partial charge in [0, 0.05) is 21.0 Å². The highest BCUT2D eigenvalue weighted by Gasteiger charge is 2.23. The van der Waals surface area contributed by atoms with E-state index in [9.17, 15) is 4.79 Å². The number of aryl methyl sites for hydroxylation is 2. The van der Waals surface area contributed by atoms with Crippen LogP contribution in [0.3, 0.4) is 0 Å². The number of nitrogens with zero attached hydrogens (tertiary/aromatic N) is 2. The average molecular weight is 390 g/mol. The number of rotatable bonds is 4. The van der Waals surface area contributed by atoms with Crippen molar-refractivity contribution in [1.29, 1.82) is 0 Å². The van der Waals surface area contributed by atoms with Crippen LogP contribution >= 0.6 is 34.7 Å². The third kappa shape index (κ3) is 3.38. The summed E-state index contributed by atoms with van der Waals surface area (Å²) in [4.78, 5) is 23.8. The monoisotopic (exact) mass is 389 g/mol. The first kappa shape index (κ1) is 16.8. The summed E-state index contributed by atoms with van der Waals surface area (Å²) in [6, 6.07) is 7.17. The fraction of sp³-hybridized carbons (Fsp3) is 0.278. The zero-order chi connectivity index (χ0) is 17.4. The minimum atomic E-state index is -0.269. The lowest BCUT2D eigenvalue weighted by atomic mass is 10.2. The molecule has 0 saturated carbocycles. The third-order valence-electron chi connectivity index (χ3n) is 4.22. The highest BCUT2D eigenvalue weighted by molar-refractivity contribution is 8.00. The van der Waals surface area contributed by atoms with Crippen LogP contribution in [0.1, 0.15) is 23.8 Å². The molecule has 1 aliphatic carbocycles. The van der Waals surface area contributed by atoms with Crippen molar-refractivity contribution in [2.75, 3.05) is 5.32 Å². The maximum Gasteiger partial charge on any atom is 0.237 e. The number of amides is 1. The van der Waals surface area contributed by atoms with Crippen molar-refractivity contribution in [2.45, 2.75) is 36.5 Å². The van der Waals surface area contributed by atoms with E-state index < -0.39 is 0 Å². The summed E-state index contributed by atoms with van der Waals surface area (Å²) < 4.78 is 0. The van der Waals surface area contributed by atoms with Crippen molar-refractivity contribution in [3.05, 3.63) is 46.1 Å². The van der Waals surface area contributed by atoms with Crippen LogP contribution in [-0.2, 0) is 17.6 Å². The first-order valence-corrected chi connectivity index (χ1v) is 10.2. The van der Waals surface area contributed by atoms with Gasteiger partial charge in [-0.2, -0.15) is 0 Å². The Morgan fingerprint density at radius 2 is 2.24 bits per heavy atom. The fourth-order valence-electron chi connectivity index (χ4n) is 3.02. The predicted octanol–water partition coefficient (Wildman–Crippen LogP) is 4.95. The van der Waals surface area contributed by atoms with Gasteiger partial charge in [0.2, 0.25) is 5.91 Å². The number of nitrogens with one attached hydrogen (secondary N) is 1. The van der Waals surface area contributed by atoms with Gasteiger partial charge in [-0.05, 0) is 49.9 Å². The maximum absolute atomic E-state index is 12.5. The Balaban J connectivity index is 1.55. The van der Waals surface area contributed by atoms with E-state index in [-0.39, 0.29) is 11.2 Å². The van der Waals surface area contributed by atoms with Crippen molar-refractivity contribution < 1.29 is 4.79 Å². The number of thioether (sulfide) groups is 1. The van der Waals surface area contributed by atoms with Gasteiger partial charge in [0.05, 0.1) is 5.25 Å². The number of halogens is 1. The van der Waals surface area contributed by atoms with Crippen molar-refractivity contribution in [1.82, 2.24) is 9.97 Å². The molecule has 128 valence electrons. The van der Waals surface area contributed by atoms with E-state index in [1.165, 1.54) is 28.6 Å². The Morgan fingerprint density at radius 1 is 1.36 bits per heavy atom. The number of fused-ring (bicyclic) bond motifs is 3. The molecule has 2 heterocycles. The molecule has 1 N–H and O–H groups in total. The minimum Gasteiger partial charge on any atom is -0.325 e. The largest absolute Gasteiger partial charge is 0.325 e. The molecular formula is C18H16ClN3OS2. The molecule has 3 aromatic rings. The molecule has 0 bridgehead atoms. The highest BCUT2D eigenvalue weighted by atomic mass is 35.5. The number of carbonyl (C=O) groups excluding carboxylic acids is 1. The quantitative estimate of drug-likeness (QED) is 0.506. The second-order valence-corrected chi connectivity index (χ2v) is 8.83. The molecule has 7 heteroatoms. The maximum atomic E-state index is 12.5. The summed E-state index contributed by atoms with van der Waals surface area (Å²) in [5, 5.41) is 5.29. The lowest BCUT2D eigenvalue weighted by Gasteiger charge is -2.12. The second kappa shape index (κ2) is 6.94. The fourth-order valence-corrected chi connectivity index (χ4v) is 5.45. The minimum absolute atomic E-state index is 0.0640. The summed E-state index contributed by atoms with van der Waals surface area (Å²) in [6.45, 7) is 1.89. The molecule has 0 spiro atoms. The second-order valence-electron chi connectivity index (χ2n) is 5.98. The van der Waals surface area contributed by atoms with Crippen LogP contribution in [0.2, 0.25) is 5.02 Å². The summed E-state index contributed by atoms with van der Waals surface area (Å²) in [6.07, 6.45) is 5.00. The SMILES string of the molecule is C[C@H](Sc1ncnc2sc3c(c12)CCC3)C(=O)Nc1cccc(Cl)c1. The molecule has 1 atom stereocenters. The molecule has 0 fully saturated rings. The number of carbonyl (C=O) groups is 1. The summed E-state index contributed by atoms with van der Waals surface area (Å²) in [5.74, 6) is -0.0640. The Labute approximate surface area is 159 Å². The van der Waals surface area contributed by atoms with Gasteiger partial charge in [-0.3, -0.25) is 4.79 Å². The van der Waals surface area contributed by atoms with E-state index in [0.717, 1.165) is 28.1 Å². The van der Waals surface area contributed by atoms with Crippen molar-refractivity contribution in [2.24, 2.45) is 0 Å². The molecule has 0 aliphatic heterocycles. The van der Waals surface area contributed by atoms with Gasteiger partial charge >= 0.3 is 0 Å². The Hall–Kier alpha value is -1.63. The van der Waals surface area contributed by atoms with Crippen LogP contribution in [-0.4, -0.2) is 21.1 Å². The van der Waals surface area contributed by atoms with Crippen molar-refractivity contribution in [3.63, 3.8) is 0 Å². The lowest BCUT2D eigenvalue weighted by molar-refractivity contribution is -0.115. The van der Waals surface area contributed by atoms with Crippen LogP contribution in [0, 0.1) is 0 Å². The van der Waals surface area contributed by atoms with E-state index in [2.05, 4.69) is 15.3 Å². The molecule has 4 rings (SSSR count). The predicted molar refractivity (Wildman–Crippen MR) is 105 cm³/mol. The number of benzene rings is 1. The normalized spacial score (nSPS) is 14.5. The van der Waals surface area contributed by atoms with Crippen LogP contribution in [0.25, 0.3) is 10.2 Å². The average Bonchev–Trinajstić information content (AvgIpc) is 3.15. The van der Waals surface area contributed by atoms with Crippen LogP contribution in [0.5, 0.6) is 0 Å². The Morgan fingerprint density at radius 3 is 3.08 bits per heavy atom.